The SMILES string of the molecule is COCCNCc1ccc(Cl)cc1N1CCCCC1. The van der Waals surface area contributed by atoms with Gasteiger partial charge in [-0.3, -0.25) is 0 Å². The molecule has 1 aliphatic heterocycles. The van der Waals surface area contributed by atoms with E-state index >= 15 is 0 Å². The highest BCUT2D eigenvalue weighted by Gasteiger charge is 2.14. The van der Waals surface area contributed by atoms with Gasteiger partial charge in [0.05, 0.1) is 6.61 Å². The van der Waals surface area contributed by atoms with E-state index in [0.29, 0.717) is 0 Å². The first kappa shape index (κ1) is 14.6. The highest BCUT2D eigenvalue weighted by atomic mass is 35.5. The Morgan fingerprint density at radius 1 is 1.26 bits per heavy atom. The quantitative estimate of drug-likeness (QED) is 0.812. The van der Waals surface area contributed by atoms with Crippen LogP contribution in [-0.4, -0.2) is 33.4 Å². The highest BCUT2D eigenvalue weighted by Crippen LogP contribution is 2.27. The summed E-state index contributed by atoms with van der Waals surface area (Å²) in [7, 11) is 1.73. The van der Waals surface area contributed by atoms with Crippen LogP contribution < -0.4 is 10.2 Å². The lowest BCUT2D eigenvalue weighted by Crippen LogP contribution is -2.31. The van der Waals surface area contributed by atoms with Crippen LogP contribution in [0.25, 0.3) is 0 Å². The van der Waals surface area contributed by atoms with Gasteiger partial charge >= 0.3 is 0 Å². The first-order chi connectivity index (χ1) is 9.31. The van der Waals surface area contributed by atoms with E-state index in [-0.39, 0.29) is 0 Å². The number of nitrogens with zero attached hydrogens (tertiary/aromatic N) is 1. The summed E-state index contributed by atoms with van der Waals surface area (Å²) < 4.78 is 5.05. The largest absolute Gasteiger partial charge is 0.383 e. The second-order valence-corrected chi connectivity index (χ2v) is 5.43. The zero-order chi connectivity index (χ0) is 13.5. The van der Waals surface area contributed by atoms with Crippen molar-refractivity contribution in [2.75, 3.05) is 38.3 Å². The predicted octanol–water partition coefficient (Wildman–Crippen LogP) is 3.07. The molecule has 0 atom stereocenters. The van der Waals surface area contributed by atoms with E-state index in [1.165, 1.54) is 30.5 Å². The van der Waals surface area contributed by atoms with E-state index in [2.05, 4.69) is 22.3 Å². The number of piperidine rings is 1. The monoisotopic (exact) mass is 282 g/mol. The van der Waals surface area contributed by atoms with Crippen molar-refractivity contribution >= 4 is 17.3 Å². The zero-order valence-electron chi connectivity index (χ0n) is 11.6. The summed E-state index contributed by atoms with van der Waals surface area (Å²) in [5, 5.41) is 4.23. The molecule has 0 aromatic heterocycles. The molecule has 1 N–H and O–H groups in total. The summed E-state index contributed by atoms with van der Waals surface area (Å²) in [6.45, 7) is 4.77. The van der Waals surface area contributed by atoms with Crippen molar-refractivity contribution in [1.29, 1.82) is 0 Å². The number of anilines is 1. The third-order valence-electron chi connectivity index (χ3n) is 3.54. The minimum Gasteiger partial charge on any atom is -0.383 e. The van der Waals surface area contributed by atoms with Gasteiger partial charge in [-0.05, 0) is 37.0 Å². The molecule has 0 radical (unpaired) electrons. The Labute approximate surface area is 120 Å². The maximum atomic E-state index is 6.15. The van der Waals surface area contributed by atoms with Crippen molar-refractivity contribution in [2.24, 2.45) is 0 Å². The molecule has 1 fully saturated rings. The van der Waals surface area contributed by atoms with Crippen LogP contribution >= 0.6 is 11.6 Å². The molecule has 0 unspecified atom stereocenters. The van der Waals surface area contributed by atoms with Crippen LogP contribution in [0.1, 0.15) is 24.8 Å². The molecule has 106 valence electrons. The van der Waals surface area contributed by atoms with Crippen molar-refractivity contribution in [2.45, 2.75) is 25.8 Å². The normalized spacial score (nSPS) is 15.8. The molecule has 0 bridgehead atoms. The number of nitrogens with one attached hydrogen (secondary N) is 1. The van der Waals surface area contributed by atoms with Gasteiger partial charge in [-0.15, -0.1) is 0 Å². The molecular formula is C15H23ClN2O. The number of ether oxygens (including phenoxy) is 1. The maximum absolute atomic E-state index is 6.15. The highest BCUT2D eigenvalue weighted by molar-refractivity contribution is 6.30. The molecule has 1 aromatic carbocycles. The van der Waals surface area contributed by atoms with Crippen molar-refractivity contribution in [3.05, 3.63) is 28.8 Å². The molecule has 3 nitrogen and oxygen atoms in total. The number of hydrogen-bond acceptors (Lipinski definition) is 3. The second-order valence-electron chi connectivity index (χ2n) is 4.99. The van der Waals surface area contributed by atoms with Crippen LogP contribution in [0.2, 0.25) is 5.02 Å². The summed E-state index contributed by atoms with van der Waals surface area (Å²) in [6, 6.07) is 6.20. The Kier molecular flexibility index (Phi) is 5.95. The van der Waals surface area contributed by atoms with E-state index in [1.54, 1.807) is 7.11 Å². The van der Waals surface area contributed by atoms with Crippen LogP contribution in [0.4, 0.5) is 5.69 Å². The number of halogens is 1. The van der Waals surface area contributed by atoms with Crippen LogP contribution in [0.15, 0.2) is 18.2 Å². The molecule has 19 heavy (non-hydrogen) atoms. The Hall–Kier alpha value is -0.770. The molecule has 0 spiro atoms. The van der Waals surface area contributed by atoms with Gasteiger partial charge in [-0.1, -0.05) is 17.7 Å². The van der Waals surface area contributed by atoms with E-state index in [9.17, 15) is 0 Å². The average Bonchev–Trinajstić information content (AvgIpc) is 2.46. The minimum absolute atomic E-state index is 0.743. The number of methoxy groups -OCH3 is 1. The van der Waals surface area contributed by atoms with Gasteiger partial charge in [0.15, 0.2) is 0 Å². The van der Waals surface area contributed by atoms with Gasteiger partial charge in [0.2, 0.25) is 0 Å². The summed E-state index contributed by atoms with van der Waals surface area (Å²) in [6.07, 6.45) is 3.91. The lowest BCUT2D eigenvalue weighted by Gasteiger charge is -2.31. The Bertz CT molecular complexity index is 392. The molecular weight excluding hydrogens is 260 g/mol. The Morgan fingerprint density at radius 3 is 2.79 bits per heavy atom. The van der Waals surface area contributed by atoms with Crippen molar-refractivity contribution in [3.8, 4) is 0 Å². The summed E-state index contributed by atoms with van der Waals surface area (Å²) in [5.41, 5.74) is 2.61. The second kappa shape index (κ2) is 7.73. The first-order valence-electron chi connectivity index (χ1n) is 7.04. The topological polar surface area (TPSA) is 24.5 Å². The van der Waals surface area contributed by atoms with Crippen LogP contribution in [0.3, 0.4) is 0 Å². The maximum Gasteiger partial charge on any atom is 0.0587 e. The van der Waals surface area contributed by atoms with Gasteiger partial charge in [0, 0.05) is 44.0 Å². The molecule has 1 heterocycles. The first-order valence-corrected chi connectivity index (χ1v) is 7.42. The van der Waals surface area contributed by atoms with Crippen LogP contribution in [0, 0.1) is 0 Å². The fourth-order valence-electron chi connectivity index (χ4n) is 2.51. The number of benzene rings is 1. The summed E-state index contributed by atoms with van der Waals surface area (Å²) in [4.78, 5) is 2.46. The third kappa shape index (κ3) is 4.37. The fraction of sp³-hybridized carbons (Fsp3) is 0.600. The lowest BCUT2D eigenvalue weighted by atomic mass is 10.1. The van der Waals surface area contributed by atoms with Crippen LogP contribution in [0.5, 0.6) is 0 Å². The smallest absolute Gasteiger partial charge is 0.0587 e. The van der Waals surface area contributed by atoms with E-state index in [1.807, 2.05) is 6.07 Å². The third-order valence-corrected chi connectivity index (χ3v) is 3.78. The molecule has 1 saturated heterocycles. The predicted molar refractivity (Wildman–Crippen MR) is 81.1 cm³/mol. The standard InChI is InChI=1S/C15H23ClN2O/c1-19-10-7-17-12-13-5-6-14(16)11-15(13)18-8-3-2-4-9-18/h5-6,11,17H,2-4,7-10,12H2,1H3. The summed E-state index contributed by atoms with van der Waals surface area (Å²) >= 11 is 6.15. The van der Waals surface area contributed by atoms with Crippen molar-refractivity contribution in [3.63, 3.8) is 0 Å². The molecule has 1 aliphatic rings. The van der Waals surface area contributed by atoms with E-state index in [0.717, 1.165) is 37.8 Å². The van der Waals surface area contributed by atoms with E-state index in [4.69, 9.17) is 16.3 Å². The number of rotatable bonds is 6. The molecule has 4 heteroatoms. The van der Waals surface area contributed by atoms with E-state index < -0.39 is 0 Å². The number of hydrogen-bond donors (Lipinski definition) is 1. The zero-order valence-corrected chi connectivity index (χ0v) is 12.4. The summed E-state index contributed by atoms with van der Waals surface area (Å²) in [5.74, 6) is 0. The fourth-order valence-corrected chi connectivity index (χ4v) is 2.68. The van der Waals surface area contributed by atoms with Crippen molar-refractivity contribution < 1.29 is 4.74 Å². The lowest BCUT2D eigenvalue weighted by molar-refractivity contribution is 0.199. The Balaban J connectivity index is 2.03. The van der Waals surface area contributed by atoms with Crippen molar-refractivity contribution in [1.82, 2.24) is 5.32 Å². The molecule has 0 aliphatic carbocycles. The molecule has 0 saturated carbocycles. The van der Waals surface area contributed by atoms with Gasteiger partial charge in [0.1, 0.15) is 0 Å². The minimum atomic E-state index is 0.743. The van der Waals surface area contributed by atoms with Crippen LogP contribution in [-0.2, 0) is 11.3 Å². The van der Waals surface area contributed by atoms with Gasteiger partial charge in [0.25, 0.3) is 0 Å². The molecule has 1 aromatic rings. The Morgan fingerprint density at radius 2 is 2.05 bits per heavy atom. The average molecular weight is 283 g/mol. The molecule has 0 amide bonds. The molecule has 2 rings (SSSR count). The van der Waals surface area contributed by atoms with Gasteiger partial charge < -0.3 is 15.0 Å². The van der Waals surface area contributed by atoms with Gasteiger partial charge in [-0.2, -0.15) is 0 Å². The van der Waals surface area contributed by atoms with Gasteiger partial charge in [-0.25, -0.2) is 0 Å².